The van der Waals surface area contributed by atoms with Crippen molar-refractivity contribution in [3.8, 4) is 0 Å². The van der Waals surface area contributed by atoms with Crippen LogP contribution >= 0.6 is 0 Å². The van der Waals surface area contributed by atoms with Crippen LogP contribution in [0.1, 0.15) is 51.1 Å². The van der Waals surface area contributed by atoms with Crippen LogP contribution in [0.4, 0.5) is 0 Å². The number of hydrogen-bond donors (Lipinski definition) is 0. The van der Waals surface area contributed by atoms with Crippen molar-refractivity contribution in [1.82, 2.24) is 19.4 Å². The Hall–Kier alpha value is -1.69. The Morgan fingerprint density at radius 2 is 1.88 bits per heavy atom. The average molecular weight is 346 g/mol. The molecule has 3 heterocycles. The molecule has 2 saturated heterocycles. The summed E-state index contributed by atoms with van der Waals surface area (Å²) >= 11 is 0. The fourth-order valence-corrected chi connectivity index (χ4v) is 3.97. The number of piperidine rings is 2. The number of likely N-dealkylation sites (N-methyl/N-ethyl adjacent to an activating group) is 1. The van der Waals surface area contributed by atoms with E-state index in [4.69, 9.17) is 0 Å². The van der Waals surface area contributed by atoms with Crippen molar-refractivity contribution in [3.05, 3.63) is 28.4 Å². The summed E-state index contributed by atoms with van der Waals surface area (Å²) in [5, 5.41) is 0. The summed E-state index contributed by atoms with van der Waals surface area (Å²) in [6, 6.07) is 1.73. The molecule has 1 amide bonds. The van der Waals surface area contributed by atoms with Gasteiger partial charge in [-0.25, -0.2) is 4.98 Å². The zero-order valence-electron chi connectivity index (χ0n) is 15.6. The Balaban J connectivity index is 1.56. The highest BCUT2D eigenvalue weighted by molar-refractivity contribution is 5.82. The maximum absolute atomic E-state index is 12.4. The zero-order chi connectivity index (χ0) is 18.0. The number of nitrogens with zero attached hydrogens (tertiary/aromatic N) is 4. The number of likely N-dealkylation sites (tertiary alicyclic amines) is 2. The lowest BCUT2D eigenvalue weighted by molar-refractivity contribution is -0.139. The number of carbonyl (C=O) groups is 1. The third kappa shape index (κ3) is 4.11. The molecule has 0 bridgehead atoms. The van der Waals surface area contributed by atoms with Crippen LogP contribution in [-0.2, 0) is 11.3 Å². The van der Waals surface area contributed by atoms with Crippen molar-refractivity contribution in [3.63, 3.8) is 0 Å². The largest absolute Gasteiger partial charge is 0.344 e. The Morgan fingerprint density at radius 3 is 2.52 bits per heavy atom. The Morgan fingerprint density at radius 1 is 1.16 bits per heavy atom. The minimum Gasteiger partial charge on any atom is -0.344 e. The number of rotatable bonds is 4. The summed E-state index contributed by atoms with van der Waals surface area (Å²) in [4.78, 5) is 33.3. The molecule has 0 N–H and O–H groups in total. The molecule has 138 valence electrons. The van der Waals surface area contributed by atoms with Crippen LogP contribution in [0, 0.1) is 5.92 Å². The minimum absolute atomic E-state index is 0.0465. The van der Waals surface area contributed by atoms with E-state index in [0.717, 1.165) is 57.6 Å². The molecule has 0 saturated carbocycles. The van der Waals surface area contributed by atoms with Gasteiger partial charge in [-0.1, -0.05) is 13.8 Å². The lowest BCUT2D eigenvalue weighted by atomic mass is 9.93. The molecule has 6 heteroatoms. The van der Waals surface area contributed by atoms with Gasteiger partial charge in [-0.15, -0.1) is 0 Å². The van der Waals surface area contributed by atoms with E-state index in [9.17, 15) is 9.59 Å². The van der Waals surface area contributed by atoms with Crippen LogP contribution < -0.4 is 5.56 Å². The number of amides is 1. The van der Waals surface area contributed by atoms with E-state index in [-0.39, 0.29) is 23.4 Å². The van der Waals surface area contributed by atoms with Gasteiger partial charge >= 0.3 is 0 Å². The predicted octanol–water partition coefficient (Wildman–Crippen LogP) is 1.70. The van der Waals surface area contributed by atoms with E-state index in [1.54, 1.807) is 17.0 Å². The van der Waals surface area contributed by atoms with Crippen molar-refractivity contribution < 1.29 is 4.79 Å². The summed E-state index contributed by atoms with van der Waals surface area (Å²) in [5.74, 6) is 1.03. The van der Waals surface area contributed by atoms with Crippen LogP contribution in [0.5, 0.6) is 0 Å². The van der Waals surface area contributed by atoms with Gasteiger partial charge in [0.05, 0.1) is 18.1 Å². The molecule has 6 nitrogen and oxygen atoms in total. The lowest BCUT2D eigenvalue weighted by Gasteiger charge is -2.40. The van der Waals surface area contributed by atoms with Gasteiger partial charge in [-0.2, -0.15) is 0 Å². The minimum atomic E-state index is 0.0465. The molecule has 1 unspecified atom stereocenters. The van der Waals surface area contributed by atoms with Crippen molar-refractivity contribution in [2.45, 2.75) is 58.0 Å². The van der Waals surface area contributed by atoms with Gasteiger partial charge in [-0.05, 0) is 50.6 Å². The SMILES string of the molecule is CC(C)c1cc(=O)n(CC2CCN(C3CCCN(C)C3=O)CC2)cn1. The summed E-state index contributed by atoms with van der Waals surface area (Å²) < 4.78 is 1.74. The van der Waals surface area contributed by atoms with Crippen molar-refractivity contribution in [2.75, 3.05) is 26.7 Å². The molecule has 2 fully saturated rings. The standard InChI is InChI=1S/C19H30N4O2/c1-14(2)16-11-18(24)23(13-20-16)12-15-6-9-22(10-7-15)17-5-4-8-21(3)19(17)25/h11,13-15,17H,4-10,12H2,1-3H3. The first-order valence-electron chi connectivity index (χ1n) is 9.51. The molecule has 3 rings (SSSR count). The van der Waals surface area contributed by atoms with E-state index in [1.165, 1.54) is 0 Å². The Bertz CT molecular complexity index is 662. The van der Waals surface area contributed by atoms with Crippen LogP contribution in [0.3, 0.4) is 0 Å². The van der Waals surface area contributed by atoms with Gasteiger partial charge in [0.15, 0.2) is 0 Å². The summed E-state index contributed by atoms with van der Waals surface area (Å²) in [6.07, 6.45) is 5.84. The van der Waals surface area contributed by atoms with E-state index >= 15 is 0 Å². The van der Waals surface area contributed by atoms with Gasteiger partial charge in [-0.3, -0.25) is 19.1 Å². The van der Waals surface area contributed by atoms with Gasteiger partial charge in [0, 0.05) is 26.2 Å². The van der Waals surface area contributed by atoms with Crippen LogP contribution in [0.25, 0.3) is 0 Å². The van der Waals surface area contributed by atoms with E-state index in [0.29, 0.717) is 5.92 Å². The zero-order valence-corrected chi connectivity index (χ0v) is 15.6. The van der Waals surface area contributed by atoms with Gasteiger partial charge in [0.25, 0.3) is 5.56 Å². The molecule has 2 aliphatic heterocycles. The summed E-state index contributed by atoms with van der Waals surface area (Å²) in [5.41, 5.74) is 0.904. The second-order valence-corrected chi connectivity index (χ2v) is 7.86. The molecule has 1 aromatic heterocycles. The maximum Gasteiger partial charge on any atom is 0.253 e. The molecular weight excluding hydrogens is 316 g/mol. The maximum atomic E-state index is 12.4. The van der Waals surface area contributed by atoms with Crippen molar-refractivity contribution >= 4 is 5.91 Å². The van der Waals surface area contributed by atoms with E-state index in [1.807, 2.05) is 25.8 Å². The molecule has 0 spiro atoms. The van der Waals surface area contributed by atoms with Gasteiger partial charge in [0.1, 0.15) is 0 Å². The Labute approximate surface area is 149 Å². The van der Waals surface area contributed by atoms with Crippen LogP contribution in [0.15, 0.2) is 17.2 Å². The van der Waals surface area contributed by atoms with Crippen LogP contribution in [0.2, 0.25) is 0 Å². The molecule has 0 radical (unpaired) electrons. The summed E-state index contributed by atoms with van der Waals surface area (Å²) in [7, 11) is 1.90. The molecule has 0 aromatic carbocycles. The highest BCUT2D eigenvalue weighted by atomic mass is 16.2. The average Bonchev–Trinajstić information content (AvgIpc) is 2.60. The molecule has 2 aliphatic rings. The lowest BCUT2D eigenvalue weighted by Crippen LogP contribution is -2.53. The third-order valence-corrected chi connectivity index (χ3v) is 5.67. The van der Waals surface area contributed by atoms with Crippen molar-refractivity contribution in [1.29, 1.82) is 0 Å². The van der Waals surface area contributed by atoms with E-state index < -0.39 is 0 Å². The monoisotopic (exact) mass is 346 g/mol. The number of carbonyl (C=O) groups excluding carboxylic acids is 1. The second kappa shape index (κ2) is 7.68. The quantitative estimate of drug-likeness (QED) is 0.833. The first-order chi connectivity index (χ1) is 12.0. The highest BCUT2D eigenvalue weighted by Crippen LogP contribution is 2.24. The van der Waals surface area contributed by atoms with Gasteiger partial charge < -0.3 is 4.90 Å². The molecule has 25 heavy (non-hydrogen) atoms. The smallest absolute Gasteiger partial charge is 0.253 e. The van der Waals surface area contributed by atoms with Gasteiger partial charge in [0.2, 0.25) is 5.91 Å². The molecule has 1 aromatic rings. The van der Waals surface area contributed by atoms with E-state index in [2.05, 4.69) is 9.88 Å². The molecule has 0 aliphatic carbocycles. The first-order valence-corrected chi connectivity index (χ1v) is 9.51. The first kappa shape index (κ1) is 18.1. The predicted molar refractivity (Wildman–Crippen MR) is 97.5 cm³/mol. The second-order valence-electron chi connectivity index (χ2n) is 7.86. The topological polar surface area (TPSA) is 58.4 Å². The Kier molecular flexibility index (Phi) is 5.57. The highest BCUT2D eigenvalue weighted by Gasteiger charge is 2.33. The van der Waals surface area contributed by atoms with Crippen molar-refractivity contribution in [2.24, 2.45) is 5.92 Å². The fraction of sp³-hybridized carbons (Fsp3) is 0.737. The fourth-order valence-electron chi connectivity index (χ4n) is 3.97. The third-order valence-electron chi connectivity index (χ3n) is 5.67. The van der Waals surface area contributed by atoms with Crippen LogP contribution in [-0.4, -0.2) is 58.0 Å². The molecule has 1 atom stereocenters. The number of hydrogen-bond acceptors (Lipinski definition) is 4. The number of aromatic nitrogens is 2. The summed E-state index contributed by atoms with van der Waals surface area (Å²) in [6.45, 7) is 7.60. The molecular formula is C19H30N4O2. The normalized spacial score (nSPS) is 23.4.